The van der Waals surface area contributed by atoms with Gasteiger partial charge in [-0.25, -0.2) is 9.78 Å². The Morgan fingerprint density at radius 3 is 2.24 bits per heavy atom. The van der Waals surface area contributed by atoms with Gasteiger partial charge in [-0.2, -0.15) is 0 Å². The van der Waals surface area contributed by atoms with Crippen molar-refractivity contribution in [3.05, 3.63) is 68.8 Å². The number of ether oxygens (including phenoxy) is 4. The number of fused-ring (bicyclic) bond motifs is 8. The number of aryl methyl sites for hydroxylation is 2. The zero-order chi connectivity index (χ0) is 56.7. The van der Waals surface area contributed by atoms with Crippen LogP contribution >= 0.6 is 0 Å². The van der Waals surface area contributed by atoms with Crippen molar-refractivity contribution in [3.63, 3.8) is 0 Å². The Balaban J connectivity index is 1.19. The highest BCUT2D eigenvalue weighted by atomic mass is 16.6. The standard InChI is InChI=1S/C57H80N10O11/c1-13-38-31(2)40-30-45-47(37(8)77-27-26-75-23-16-58-52(70)35(6)59-53(71)36(7)60-56(74)78-57(9,10)11)33(4)42(62-45)28-41-32(3)39(14-15-46(69)65(12)19-22-68)50(63-41)49-51-48(34(5)43(64-51)29-44(38)61-40)54(72)67(55(49)73)18-17-66-20-24-76-25-21-66/h28-30,32,35-37,39,62,64,68H,13-27H2,1-12H3,(H,58,70)(H,59,71)(H,60,74)/t32-,35-,36-,37?,39-/m0/s1. The number of likely N-dealkylation sites (N-methyl/N-ethyl adjacent to an activating group) is 1. The number of alkyl carbamates (subject to hydrolysis) is 1. The molecule has 7 rings (SSSR count). The van der Waals surface area contributed by atoms with Crippen molar-refractivity contribution in [1.82, 2.24) is 50.6 Å². The zero-order valence-corrected chi connectivity index (χ0v) is 47.5. The topological polar surface area (TPSA) is 263 Å². The molecule has 4 aliphatic heterocycles. The molecule has 4 aliphatic rings. The van der Waals surface area contributed by atoms with Gasteiger partial charge in [0.1, 0.15) is 17.7 Å². The number of imide groups is 1. The molecule has 0 saturated carbocycles. The molecule has 21 nitrogen and oxygen atoms in total. The Hall–Kier alpha value is -6.52. The van der Waals surface area contributed by atoms with Crippen LogP contribution in [0.2, 0.25) is 0 Å². The van der Waals surface area contributed by atoms with Gasteiger partial charge in [0.25, 0.3) is 11.8 Å². The predicted molar refractivity (Wildman–Crippen MR) is 296 cm³/mol. The molecule has 21 heteroatoms. The molecular weight excluding hydrogens is 1000 g/mol. The van der Waals surface area contributed by atoms with E-state index in [2.05, 4.69) is 51.6 Å². The van der Waals surface area contributed by atoms with Crippen LogP contribution in [0.3, 0.4) is 0 Å². The Morgan fingerprint density at radius 1 is 0.872 bits per heavy atom. The molecule has 424 valence electrons. The summed E-state index contributed by atoms with van der Waals surface area (Å²) in [6, 6.07) is 4.21. The molecule has 0 radical (unpaired) electrons. The van der Waals surface area contributed by atoms with Crippen molar-refractivity contribution >= 4 is 68.8 Å². The third-order valence-electron chi connectivity index (χ3n) is 15.0. The Bertz CT molecular complexity index is 2970. The molecule has 78 heavy (non-hydrogen) atoms. The van der Waals surface area contributed by atoms with E-state index in [-0.39, 0.29) is 70.2 Å². The van der Waals surface area contributed by atoms with Gasteiger partial charge in [-0.05, 0) is 116 Å². The fourth-order valence-corrected chi connectivity index (χ4v) is 10.5. The van der Waals surface area contributed by atoms with Crippen molar-refractivity contribution in [3.8, 4) is 0 Å². The summed E-state index contributed by atoms with van der Waals surface area (Å²) in [6.07, 6.45) is 0.0210. The van der Waals surface area contributed by atoms with E-state index in [1.54, 1.807) is 34.7 Å². The van der Waals surface area contributed by atoms with Gasteiger partial charge in [0.15, 0.2) is 0 Å². The number of morpholine rings is 1. The van der Waals surface area contributed by atoms with E-state index in [9.17, 15) is 29.1 Å². The van der Waals surface area contributed by atoms with Gasteiger partial charge in [-0.15, -0.1) is 0 Å². The number of amides is 6. The monoisotopic (exact) mass is 1080 g/mol. The molecule has 1 unspecified atom stereocenters. The fraction of sp³-hybridized carbons (Fsp3) is 0.579. The van der Waals surface area contributed by atoms with Crippen molar-refractivity contribution in [2.45, 2.75) is 131 Å². The average Bonchev–Trinajstić information content (AvgIpc) is 4.30. The number of hydrogen-bond donors (Lipinski definition) is 6. The number of carbonyl (C=O) groups excluding carboxylic acids is 6. The molecule has 1 saturated heterocycles. The lowest BCUT2D eigenvalue weighted by Crippen LogP contribution is -2.52. The van der Waals surface area contributed by atoms with Crippen LogP contribution in [0.5, 0.6) is 0 Å². The first-order valence-electron chi connectivity index (χ1n) is 27.3. The van der Waals surface area contributed by atoms with Gasteiger partial charge in [-0.1, -0.05) is 13.8 Å². The molecule has 6 amide bonds. The summed E-state index contributed by atoms with van der Waals surface area (Å²) in [5.74, 6) is -2.57. The fourth-order valence-electron chi connectivity index (χ4n) is 10.5. The molecule has 5 atom stereocenters. The number of nitrogens with zero attached hydrogens (tertiary/aromatic N) is 5. The summed E-state index contributed by atoms with van der Waals surface area (Å²) >= 11 is 0. The molecule has 1 fully saturated rings. The Labute approximate surface area is 456 Å². The first-order valence-corrected chi connectivity index (χ1v) is 27.3. The number of aliphatic hydroxyl groups excluding tert-OH is 1. The number of H-pyrrole nitrogens is 2. The minimum atomic E-state index is -0.926. The van der Waals surface area contributed by atoms with Crippen LogP contribution in [0.25, 0.3) is 33.2 Å². The maximum atomic E-state index is 15.2. The maximum absolute atomic E-state index is 15.2. The molecule has 3 aromatic heterocycles. The normalized spacial score (nSPS) is 17.9. The molecule has 0 aliphatic carbocycles. The van der Waals surface area contributed by atoms with Crippen LogP contribution in [0.1, 0.15) is 160 Å². The number of nitrogens with one attached hydrogen (secondary N) is 5. The highest BCUT2D eigenvalue weighted by Gasteiger charge is 2.41. The third kappa shape index (κ3) is 13.5. The van der Waals surface area contributed by atoms with Crippen molar-refractivity contribution in [1.29, 1.82) is 0 Å². The zero-order valence-electron chi connectivity index (χ0n) is 47.5. The van der Waals surface area contributed by atoms with Gasteiger partial charge in [-0.3, -0.25) is 38.8 Å². The summed E-state index contributed by atoms with van der Waals surface area (Å²) < 4.78 is 23.1. The van der Waals surface area contributed by atoms with E-state index in [0.717, 1.165) is 44.7 Å². The molecule has 8 bridgehead atoms. The lowest BCUT2D eigenvalue weighted by atomic mass is 9.84. The number of hydrogen-bond acceptors (Lipinski definition) is 14. The van der Waals surface area contributed by atoms with Crippen molar-refractivity contribution in [2.24, 2.45) is 0 Å². The average molecular weight is 1080 g/mol. The van der Waals surface area contributed by atoms with E-state index in [0.29, 0.717) is 84.8 Å². The van der Waals surface area contributed by atoms with E-state index < -0.39 is 53.5 Å². The van der Waals surface area contributed by atoms with E-state index in [4.69, 9.17) is 28.9 Å². The first-order chi connectivity index (χ1) is 37.0. The second kappa shape index (κ2) is 25.5. The third-order valence-corrected chi connectivity index (χ3v) is 15.0. The summed E-state index contributed by atoms with van der Waals surface area (Å²) in [7, 11) is 1.66. The quantitative estimate of drug-likeness (QED) is 0.0533. The van der Waals surface area contributed by atoms with Crippen molar-refractivity contribution < 1.29 is 52.8 Å². The minimum Gasteiger partial charge on any atom is -0.444 e. The molecule has 6 N–H and O–H groups in total. The van der Waals surface area contributed by atoms with E-state index in [1.807, 2.05) is 39.0 Å². The van der Waals surface area contributed by atoms with E-state index >= 15 is 4.79 Å². The number of allylic oxidation sites excluding steroid dienone is 2. The first kappa shape index (κ1) is 59.1. The van der Waals surface area contributed by atoms with Crippen LogP contribution < -0.4 is 16.0 Å². The summed E-state index contributed by atoms with van der Waals surface area (Å²) in [6.45, 7) is 24.3. The second-order valence-electron chi connectivity index (χ2n) is 21.7. The Kier molecular flexibility index (Phi) is 19.3. The molecule has 0 spiro atoms. The van der Waals surface area contributed by atoms with Crippen LogP contribution in [0, 0.1) is 13.8 Å². The highest BCUT2D eigenvalue weighted by molar-refractivity contribution is 6.23. The largest absolute Gasteiger partial charge is 0.444 e. The molecule has 0 aromatic carbocycles. The highest BCUT2D eigenvalue weighted by Crippen LogP contribution is 2.44. The lowest BCUT2D eigenvalue weighted by molar-refractivity contribution is -0.130. The number of aromatic nitrogens is 4. The number of aromatic amines is 2. The number of aliphatic hydroxyl groups is 1. The van der Waals surface area contributed by atoms with Crippen LogP contribution in [-0.4, -0.2) is 179 Å². The van der Waals surface area contributed by atoms with E-state index in [1.165, 1.54) is 16.7 Å². The van der Waals surface area contributed by atoms with Crippen LogP contribution in [0.4, 0.5) is 4.79 Å². The summed E-state index contributed by atoms with van der Waals surface area (Å²) in [5.41, 5.74) is 9.89. The van der Waals surface area contributed by atoms with Crippen molar-refractivity contribution in [2.75, 3.05) is 86.0 Å². The van der Waals surface area contributed by atoms with Crippen LogP contribution in [-0.2, 0) is 33.3 Å². The smallest absolute Gasteiger partial charge is 0.408 e. The second-order valence-corrected chi connectivity index (χ2v) is 21.7. The van der Waals surface area contributed by atoms with Gasteiger partial charge in [0, 0.05) is 92.4 Å². The van der Waals surface area contributed by atoms with Gasteiger partial charge in [0.2, 0.25) is 17.7 Å². The Morgan fingerprint density at radius 2 is 1.55 bits per heavy atom. The summed E-state index contributed by atoms with van der Waals surface area (Å²) in [4.78, 5) is 104. The van der Waals surface area contributed by atoms with Gasteiger partial charge in [0.05, 0.1) is 79.5 Å². The summed E-state index contributed by atoms with van der Waals surface area (Å²) in [5, 5.41) is 17.5. The van der Waals surface area contributed by atoms with Gasteiger partial charge < -0.3 is 54.9 Å². The van der Waals surface area contributed by atoms with Crippen LogP contribution in [0.15, 0.2) is 18.2 Å². The SMILES string of the molecule is CCC1=C(C)c2cc3[nH]c(cc4nc(c5c6[nH]c(cc1n2)c(C)c6C(=O)N(CCN1CCOCC1)C5=O)[C@@H](CCC(=O)N(C)CCO)[C@@H]4C)c(C)c3C(C)OCCOCCNC(=O)[C@H](C)NC(=O)[C@H](C)NC(=O)OC(C)(C)C. The minimum absolute atomic E-state index is 0.142. The predicted octanol–water partition coefficient (Wildman–Crippen LogP) is 5.95. The maximum Gasteiger partial charge on any atom is 0.408 e. The van der Waals surface area contributed by atoms with Gasteiger partial charge >= 0.3 is 6.09 Å². The molecule has 7 heterocycles. The number of carbonyl (C=O) groups is 6. The molecular formula is C57H80N10O11. The number of rotatable bonds is 21. The molecule has 3 aromatic rings. The lowest BCUT2D eigenvalue weighted by Gasteiger charge is -2.31.